The molecule has 1 aromatic carbocycles. The molecule has 0 aliphatic carbocycles. The van der Waals surface area contributed by atoms with E-state index < -0.39 is 5.97 Å². The summed E-state index contributed by atoms with van der Waals surface area (Å²) in [6.07, 6.45) is 0.589. The monoisotopic (exact) mass is 302 g/mol. The summed E-state index contributed by atoms with van der Waals surface area (Å²) in [4.78, 5) is 22.2. The Morgan fingerprint density at radius 2 is 2.00 bits per heavy atom. The first kappa shape index (κ1) is 15.7. The third-order valence-electron chi connectivity index (χ3n) is 3.21. The lowest BCUT2D eigenvalue weighted by Gasteiger charge is -2.04. The Balaban J connectivity index is 1.92. The highest BCUT2D eigenvalue weighted by Gasteiger charge is 2.13. The van der Waals surface area contributed by atoms with Gasteiger partial charge in [0.05, 0.1) is 23.5 Å². The van der Waals surface area contributed by atoms with Crippen LogP contribution in [0.2, 0.25) is 0 Å². The van der Waals surface area contributed by atoms with Crippen molar-refractivity contribution in [2.24, 2.45) is 0 Å². The van der Waals surface area contributed by atoms with Crippen LogP contribution >= 0.6 is 0 Å². The van der Waals surface area contributed by atoms with Gasteiger partial charge in [-0.2, -0.15) is 0 Å². The molecule has 0 unspecified atom stereocenters. The van der Waals surface area contributed by atoms with Gasteiger partial charge in [-0.05, 0) is 25.5 Å². The number of benzene rings is 1. The number of aromatic nitrogens is 3. The normalized spacial score (nSPS) is 10.4. The van der Waals surface area contributed by atoms with E-state index in [1.807, 2.05) is 37.3 Å². The number of rotatable bonds is 7. The van der Waals surface area contributed by atoms with Gasteiger partial charge in [0.1, 0.15) is 0 Å². The molecule has 116 valence electrons. The SMILES string of the molecule is Cc1c(CC(=O)NCCCC(=O)O)nnn1-c1ccccc1. The van der Waals surface area contributed by atoms with Crippen molar-refractivity contribution in [3.8, 4) is 5.69 Å². The molecule has 7 nitrogen and oxygen atoms in total. The van der Waals surface area contributed by atoms with Crippen LogP contribution in [0.3, 0.4) is 0 Å². The third-order valence-corrected chi connectivity index (χ3v) is 3.21. The van der Waals surface area contributed by atoms with Crippen molar-refractivity contribution in [2.75, 3.05) is 6.54 Å². The first-order valence-corrected chi connectivity index (χ1v) is 7.03. The van der Waals surface area contributed by atoms with Crippen LogP contribution in [0.25, 0.3) is 5.69 Å². The number of hydrogen-bond acceptors (Lipinski definition) is 4. The summed E-state index contributed by atoms with van der Waals surface area (Å²) in [6.45, 7) is 2.21. The molecule has 1 aromatic heterocycles. The van der Waals surface area contributed by atoms with E-state index in [1.54, 1.807) is 4.68 Å². The van der Waals surface area contributed by atoms with E-state index in [9.17, 15) is 9.59 Å². The average Bonchev–Trinajstić information content (AvgIpc) is 2.85. The highest BCUT2D eigenvalue weighted by atomic mass is 16.4. The summed E-state index contributed by atoms with van der Waals surface area (Å²) in [6, 6.07) is 9.56. The van der Waals surface area contributed by atoms with Gasteiger partial charge >= 0.3 is 5.97 Å². The number of carboxylic acid groups (broad SMARTS) is 1. The van der Waals surface area contributed by atoms with Crippen LogP contribution in [0.15, 0.2) is 30.3 Å². The highest BCUT2D eigenvalue weighted by Crippen LogP contribution is 2.11. The van der Waals surface area contributed by atoms with Crippen molar-refractivity contribution in [2.45, 2.75) is 26.2 Å². The summed E-state index contributed by atoms with van der Waals surface area (Å²) in [5.74, 6) is -1.05. The van der Waals surface area contributed by atoms with Gasteiger partial charge in [0.25, 0.3) is 0 Å². The van der Waals surface area contributed by atoms with Crippen molar-refractivity contribution in [3.63, 3.8) is 0 Å². The van der Waals surface area contributed by atoms with E-state index in [4.69, 9.17) is 5.11 Å². The van der Waals surface area contributed by atoms with Crippen LogP contribution in [-0.4, -0.2) is 38.5 Å². The van der Waals surface area contributed by atoms with Gasteiger partial charge in [-0.15, -0.1) is 5.10 Å². The predicted molar refractivity (Wildman–Crippen MR) is 79.7 cm³/mol. The zero-order valence-electron chi connectivity index (χ0n) is 12.3. The number of amides is 1. The Kier molecular flexibility index (Phi) is 5.24. The number of hydrogen-bond donors (Lipinski definition) is 2. The Bertz CT molecular complexity index is 652. The van der Waals surface area contributed by atoms with Gasteiger partial charge in [-0.1, -0.05) is 23.4 Å². The molecule has 1 heterocycles. The molecule has 0 aliphatic rings. The lowest BCUT2D eigenvalue weighted by Crippen LogP contribution is -2.26. The number of carbonyl (C=O) groups is 2. The lowest BCUT2D eigenvalue weighted by atomic mass is 10.2. The Morgan fingerprint density at radius 3 is 2.68 bits per heavy atom. The molecule has 0 saturated carbocycles. The van der Waals surface area contributed by atoms with Crippen molar-refractivity contribution in [1.82, 2.24) is 20.3 Å². The molecular formula is C15H18N4O3. The lowest BCUT2D eigenvalue weighted by molar-refractivity contribution is -0.137. The maximum atomic E-state index is 11.8. The predicted octanol–water partition coefficient (Wildman–Crippen LogP) is 1.10. The first-order valence-electron chi connectivity index (χ1n) is 7.03. The summed E-state index contributed by atoms with van der Waals surface area (Å²) in [7, 11) is 0. The van der Waals surface area contributed by atoms with Crippen molar-refractivity contribution >= 4 is 11.9 Å². The van der Waals surface area contributed by atoms with Gasteiger partial charge in [-0.25, -0.2) is 4.68 Å². The van der Waals surface area contributed by atoms with Gasteiger partial charge in [0.15, 0.2) is 0 Å². The highest BCUT2D eigenvalue weighted by molar-refractivity contribution is 5.78. The Morgan fingerprint density at radius 1 is 1.27 bits per heavy atom. The van der Waals surface area contributed by atoms with Crippen LogP contribution in [0.4, 0.5) is 0 Å². The fraction of sp³-hybridized carbons (Fsp3) is 0.333. The minimum Gasteiger partial charge on any atom is -0.481 e. The summed E-state index contributed by atoms with van der Waals surface area (Å²) in [5.41, 5.74) is 2.31. The van der Waals surface area contributed by atoms with Gasteiger partial charge < -0.3 is 10.4 Å². The van der Waals surface area contributed by atoms with Gasteiger partial charge in [0, 0.05) is 13.0 Å². The van der Waals surface area contributed by atoms with Crippen molar-refractivity contribution in [1.29, 1.82) is 0 Å². The third kappa shape index (κ3) is 4.15. The van der Waals surface area contributed by atoms with Crippen LogP contribution in [0, 0.1) is 6.92 Å². The molecule has 2 N–H and O–H groups in total. The largest absolute Gasteiger partial charge is 0.481 e. The van der Waals surface area contributed by atoms with E-state index in [2.05, 4.69) is 15.6 Å². The number of aliphatic carboxylic acids is 1. The standard InChI is InChI=1S/C15H18N4O3/c1-11-13(10-14(20)16-9-5-8-15(21)22)17-18-19(11)12-6-3-2-4-7-12/h2-4,6-7H,5,8-10H2,1H3,(H,16,20)(H,21,22). The quantitative estimate of drug-likeness (QED) is 0.746. The molecule has 2 rings (SSSR count). The average molecular weight is 302 g/mol. The zero-order chi connectivity index (χ0) is 15.9. The molecule has 0 radical (unpaired) electrons. The van der Waals surface area contributed by atoms with E-state index in [1.165, 1.54) is 0 Å². The molecule has 1 amide bonds. The van der Waals surface area contributed by atoms with Crippen molar-refractivity contribution < 1.29 is 14.7 Å². The molecule has 0 aliphatic heterocycles. The van der Waals surface area contributed by atoms with Crippen molar-refractivity contribution in [3.05, 3.63) is 41.7 Å². The maximum Gasteiger partial charge on any atom is 0.303 e. The summed E-state index contributed by atoms with van der Waals surface area (Å²) < 4.78 is 1.69. The second-order valence-electron chi connectivity index (χ2n) is 4.89. The molecule has 22 heavy (non-hydrogen) atoms. The second kappa shape index (κ2) is 7.35. The topological polar surface area (TPSA) is 97.1 Å². The smallest absolute Gasteiger partial charge is 0.303 e. The Hall–Kier alpha value is -2.70. The van der Waals surface area contributed by atoms with Gasteiger partial charge in [0.2, 0.25) is 5.91 Å². The summed E-state index contributed by atoms with van der Waals surface area (Å²) >= 11 is 0. The molecule has 2 aromatic rings. The zero-order valence-corrected chi connectivity index (χ0v) is 12.3. The van der Waals surface area contributed by atoms with Gasteiger partial charge in [-0.3, -0.25) is 9.59 Å². The molecule has 0 fully saturated rings. The fourth-order valence-corrected chi connectivity index (χ4v) is 2.02. The fourth-order valence-electron chi connectivity index (χ4n) is 2.02. The van der Waals surface area contributed by atoms with Crippen LogP contribution in [0.5, 0.6) is 0 Å². The number of nitrogens with zero attached hydrogens (tertiary/aromatic N) is 3. The number of carboxylic acids is 1. The molecular weight excluding hydrogens is 284 g/mol. The van der Waals surface area contributed by atoms with E-state index in [0.717, 1.165) is 11.4 Å². The molecule has 0 saturated heterocycles. The molecule has 0 spiro atoms. The van der Waals surface area contributed by atoms with Crippen LogP contribution in [-0.2, 0) is 16.0 Å². The second-order valence-corrected chi connectivity index (χ2v) is 4.89. The molecule has 0 atom stereocenters. The van der Waals surface area contributed by atoms with Crippen LogP contribution < -0.4 is 5.32 Å². The number of nitrogens with one attached hydrogen (secondary N) is 1. The minimum absolute atomic E-state index is 0.0451. The molecule has 0 bridgehead atoms. The summed E-state index contributed by atoms with van der Waals surface area (Å²) in [5, 5.41) is 19.3. The van der Waals surface area contributed by atoms with Crippen LogP contribution in [0.1, 0.15) is 24.2 Å². The van der Waals surface area contributed by atoms with E-state index in [0.29, 0.717) is 18.7 Å². The van der Waals surface area contributed by atoms with E-state index in [-0.39, 0.29) is 18.7 Å². The molecule has 7 heteroatoms. The van der Waals surface area contributed by atoms with E-state index >= 15 is 0 Å². The first-order chi connectivity index (χ1) is 10.6. The number of para-hydroxylation sites is 1. The minimum atomic E-state index is -0.865. The number of carbonyl (C=O) groups excluding carboxylic acids is 1. The maximum absolute atomic E-state index is 11.8. The Labute approximate surface area is 128 Å².